The van der Waals surface area contributed by atoms with Gasteiger partial charge in [0.1, 0.15) is 5.76 Å². The van der Waals surface area contributed by atoms with Crippen LogP contribution in [0.15, 0.2) is 14.9 Å². The molecule has 0 N–H and O–H groups in total. The van der Waals surface area contributed by atoms with Crippen molar-refractivity contribution >= 4 is 5.91 Å². The zero-order valence-electron chi connectivity index (χ0n) is 13.0. The molecule has 0 radical (unpaired) electrons. The molecule has 1 atom stereocenters. The van der Waals surface area contributed by atoms with E-state index in [-0.39, 0.29) is 12.0 Å². The molecule has 0 saturated carbocycles. The molecular weight excluding hydrogens is 286 g/mol. The minimum Gasteiger partial charge on any atom is -0.456 e. The van der Waals surface area contributed by atoms with Crippen LogP contribution in [0.3, 0.4) is 0 Å². The van der Waals surface area contributed by atoms with Crippen molar-refractivity contribution in [3.63, 3.8) is 0 Å². The van der Waals surface area contributed by atoms with Crippen LogP contribution in [0.1, 0.15) is 46.7 Å². The number of amides is 1. The van der Waals surface area contributed by atoms with Gasteiger partial charge in [-0.05, 0) is 13.0 Å². The molecule has 2 aromatic heterocycles. The number of rotatable bonds is 3. The first-order chi connectivity index (χ1) is 10.6. The second kappa shape index (κ2) is 5.92. The fourth-order valence-corrected chi connectivity index (χ4v) is 2.50. The number of furan rings is 1. The molecule has 118 valence electrons. The maximum absolute atomic E-state index is 12.6. The highest BCUT2D eigenvalue weighted by atomic mass is 16.5. The van der Waals surface area contributed by atoms with Gasteiger partial charge in [0.15, 0.2) is 11.9 Å². The van der Waals surface area contributed by atoms with Gasteiger partial charge in [-0.25, -0.2) is 0 Å². The summed E-state index contributed by atoms with van der Waals surface area (Å²) < 4.78 is 16.7. The Kier molecular flexibility index (Phi) is 3.98. The molecule has 1 aliphatic rings. The molecule has 3 heterocycles. The van der Waals surface area contributed by atoms with E-state index in [1.165, 1.54) is 0 Å². The van der Waals surface area contributed by atoms with Gasteiger partial charge in [0.2, 0.25) is 11.8 Å². The van der Waals surface area contributed by atoms with Crippen LogP contribution in [0.5, 0.6) is 0 Å². The lowest BCUT2D eigenvalue weighted by atomic mass is 10.2. The van der Waals surface area contributed by atoms with E-state index in [0.717, 1.165) is 17.7 Å². The second-order valence-corrected chi connectivity index (χ2v) is 5.35. The standard InChI is InChI=1S/C15H19N3O4/c1-4-11-7-9(2)13(22-11)15(19)18-5-6-20-12(8-18)14-17-16-10(3)21-14/h7,12H,4-6,8H2,1-3H3/t12-/m1/s1. The van der Waals surface area contributed by atoms with E-state index in [2.05, 4.69) is 10.2 Å². The van der Waals surface area contributed by atoms with Crippen molar-refractivity contribution in [2.75, 3.05) is 19.7 Å². The predicted molar refractivity (Wildman–Crippen MR) is 76.5 cm³/mol. The predicted octanol–water partition coefficient (Wildman–Crippen LogP) is 2.06. The molecule has 7 nitrogen and oxygen atoms in total. The monoisotopic (exact) mass is 305 g/mol. The summed E-state index contributed by atoms with van der Waals surface area (Å²) in [5.74, 6) is 1.98. The SMILES string of the molecule is CCc1cc(C)c(C(=O)N2CCO[C@@H](c3nnc(C)o3)C2)o1. The van der Waals surface area contributed by atoms with Crippen LogP contribution >= 0.6 is 0 Å². The minimum absolute atomic E-state index is 0.123. The van der Waals surface area contributed by atoms with Crippen molar-refractivity contribution in [2.45, 2.75) is 33.3 Å². The maximum Gasteiger partial charge on any atom is 0.290 e. The van der Waals surface area contributed by atoms with Crippen LogP contribution in [0.25, 0.3) is 0 Å². The summed E-state index contributed by atoms with van der Waals surface area (Å²) in [4.78, 5) is 14.3. The Labute approximate surface area is 128 Å². The normalized spacial score (nSPS) is 18.7. The Hall–Kier alpha value is -2.15. The van der Waals surface area contributed by atoms with Crippen LogP contribution in [-0.2, 0) is 11.2 Å². The number of carbonyl (C=O) groups is 1. The maximum atomic E-state index is 12.6. The van der Waals surface area contributed by atoms with Crippen molar-refractivity contribution in [3.05, 3.63) is 34.9 Å². The van der Waals surface area contributed by atoms with Gasteiger partial charge >= 0.3 is 0 Å². The summed E-state index contributed by atoms with van der Waals surface area (Å²) in [7, 11) is 0. The number of nitrogens with zero attached hydrogens (tertiary/aromatic N) is 3. The first-order valence-electron chi connectivity index (χ1n) is 7.38. The average molecular weight is 305 g/mol. The van der Waals surface area contributed by atoms with Crippen LogP contribution in [0, 0.1) is 13.8 Å². The third kappa shape index (κ3) is 2.76. The number of hydrogen-bond acceptors (Lipinski definition) is 6. The molecule has 22 heavy (non-hydrogen) atoms. The van der Waals surface area contributed by atoms with Gasteiger partial charge in [0.25, 0.3) is 5.91 Å². The Morgan fingerprint density at radius 1 is 1.36 bits per heavy atom. The van der Waals surface area contributed by atoms with Gasteiger partial charge in [0.05, 0.1) is 13.2 Å². The summed E-state index contributed by atoms with van der Waals surface area (Å²) in [6.45, 7) is 6.93. The first kappa shape index (κ1) is 14.8. The summed E-state index contributed by atoms with van der Waals surface area (Å²) in [6.07, 6.45) is 0.376. The van der Waals surface area contributed by atoms with Crippen LogP contribution < -0.4 is 0 Å². The number of hydrogen-bond donors (Lipinski definition) is 0. The molecule has 7 heteroatoms. The van der Waals surface area contributed by atoms with E-state index in [1.54, 1.807) is 11.8 Å². The zero-order chi connectivity index (χ0) is 15.7. The Morgan fingerprint density at radius 3 is 2.82 bits per heavy atom. The van der Waals surface area contributed by atoms with Crippen molar-refractivity contribution in [2.24, 2.45) is 0 Å². The topological polar surface area (TPSA) is 81.6 Å². The van der Waals surface area contributed by atoms with Gasteiger partial charge < -0.3 is 18.5 Å². The van der Waals surface area contributed by atoms with Crippen molar-refractivity contribution in [1.29, 1.82) is 0 Å². The largest absolute Gasteiger partial charge is 0.456 e. The van der Waals surface area contributed by atoms with E-state index < -0.39 is 0 Å². The third-order valence-electron chi connectivity index (χ3n) is 3.68. The smallest absolute Gasteiger partial charge is 0.290 e. The minimum atomic E-state index is -0.389. The highest BCUT2D eigenvalue weighted by Crippen LogP contribution is 2.24. The van der Waals surface area contributed by atoms with Gasteiger partial charge in [-0.2, -0.15) is 0 Å². The van der Waals surface area contributed by atoms with Crippen LogP contribution in [0.2, 0.25) is 0 Å². The number of carbonyl (C=O) groups excluding carboxylic acids is 1. The molecule has 0 aromatic carbocycles. The molecule has 1 fully saturated rings. The van der Waals surface area contributed by atoms with E-state index in [0.29, 0.717) is 37.2 Å². The number of aromatic nitrogens is 2. The lowest BCUT2D eigenvalue weighted by Gasteiger charge is -2.30. The van der Waals surface area contributed by atoms with Gasteiger partial charge in [-0.1, -0.05) is 6.92 Å². The summed E-state index contributed by atoms with van der Waals surface area (Å²) in [6, 6.07) is 1.91. The Bertz CT molecular complexity index is 676. The molecule has 1 saturated heterocycles. The Balaban J connectivity index is 1.76. The fourth-order valence-electron chi connectivity index (χ4n) is 2.50. The van der Waals surface area contributed by atoms with E-state index in [4.69, 9.17) is 13.6 Å². The molecule has 1 amide bonds. The highest BCUT2D eigenvalue weighted by Gasteiger charge is 2.31. The number of morpholine rings is 1. The lowest BCUT2D eigenvalue weighted by molar-refractivity contribution is -0.0357. The molecular formula is C15H19N3O4. The van der Waals surface area contributed by atoms with E-state index in [9.17, 15) is 4.79 Å². The molecule has 2 aromatic rings. The van der Waals surface area contributed by atoms with Crippen molar-refractivity contribution in [1.82, 2.24) is 15.1 Å². The molecule has 0 aliphatic carbocycles. The quantitative estimate of drug-likeness (QED) is 0.863. The highest BCUT2D eigenvalue weighted by molar-refractivity contribution is 5.93. The Morgan fingerprint density at radius 2 is 2.18 bits per heavy atom. The summed E-state index contributed by atoms with van der Waals surface area (Å²) in [5.41, 5.74) is 0.860. The molecule has 0 bridgehead atoms. The van der Waals surface area contributed by atoms with Gasteiger partial charge in [-0.3, -0.25) is 4.79 Å². The third-order valence-corrected chi connectivity index (χ3v) is 3.68. The zero-order valence-corrected chi connectivity index (χ0v) is 13.0. The average Bonchev–Trinajstić information content (AvgIpc) is 3.12. The fraction of sp³-hybridized carbons (Fsp3) is 0.533. The lowest BCUT2D eigenvalue weighted by Crippen LogP contribution is -2.42. The molecule has 3 rings (SSSR count). The summed E-state index contributed by atoms with van der Waals surface area (Å²) in [5, 5.41) is 7.77. The van der Waals surface area contributed by atoms with Crippen LogP contribution in [0.4, 0.5) is 0 Å². The van der Waals surface area contributed by atoms with E-state index >= 15 is 0 Å². The second-order valence-electron chi connectivity index (χ2n) is 5.35. The molecule has 0 unspecified atom stereocenters. The number of ether oxygens (including phenoxy) is 1. The van der Waals surface area contributed by atoms with Crippen molar-refractivity contribution < 1.29 is 18.4 Å². The van der Waals surface area contributed by atoms with Gasteiger partial charge in [-0.15, -0.1) is 10.2 Å². The van der Waals surface area contributed by atoms with E-state index in [1.807, 2.05) is 19.9 Å². The number of aryl methyl sites for hydroxylation is 3. The van der Waals surface area contributed by atoms with Crippen molar-refractivity contribution in [3.8, 4) is 0 Å². The van der Waals surface area contributed by atoms with Gasteiger partial charge in [0, 0.05) is 25.5 Å². The molecule has 1 aliphatic heterocycles. The summed E-state index contributed by atoms with van der Waals surface area (Å²) >= 11 is 0. The first-order valence-corrected chi connectivity index (χ1v) is 7.38. The van der Waals surface area contributed by atoms with Crippen LogP contribution in [-0.4, -0.2) is 40.7 Å². The molecule has 0 spiro atoms.